The van der Waals surface area contributed by atoms with Crippen LogP contribution in [0.3, 0.4) is 0 Å². The number of carbonyl (C=O) groups is 1. The Morgan fingerprint density at radius 2 is 1.95 bits per heavy atom. The van der Waals surface area contributed by atoms with Gasteiger partial charge in [-0.25, -0.2) is 0 Å². The third-order valence-electron chi connectivity index (χ3n) is 2.98. The lowest BCUT2D eigenvalue weighted by Crippen LogP contribution is -2.48. The van der Waals surface area contributed by atoms with E-state index >= 15 is 0 Å². The van der Waals surface area contributed by atoms with Crippen molar-refractivity contribution in [3.05, 3.63) is 34.4 Å². The molecule has 0 aliphatic heterocycles. The number of nitrogens with two attached hydrogens (primary N) is 1. The Kier molecular flexibility index (Phi) is 6.10. The molecule has 0 aromatic heterocycles. The Balaban J connectivity index is 2.28. The van der Waals surface area contributed by atoms with E-state index in [1.165, 1.54) is 12.1 Å². The summed E-state index contributed by atoms with van der Waals surface area (Å²) in [7, 11) is 0. The lowest BCUT2D eigenvalue weighted by Gasteiger charge is -2.24. The highest BCUT2D eigenvalue weighted by molar-refractivity contribution is 5.76. The quantitative estimate of drug-likeness (QED) is 0.383. The van der Waals surface area contributed by atoms with E-state index in [-0.39, 0.29) is 17.1 Å². The molecule has 0 fully saturated rings. The third kappa shape index (κ3) is 6.22. The number of nitrogens with one attached hydrogen (secondary N) is 2. The van der Waals surface area contributed by atoms with Gasteiger partial charge in [-0.05, 0) is 32.4 Å². The van der Waals surface area contributed by atoms with Crippen LogP contribution in [0.1, 0.15) is 26.7 Å². The maximum atomic E-state index is 11.7. The first-order chi connectivity index (χ1) is 9.84. The van der Waals surface area contributed by atoms with E-state index in [9.17, 15) is 14.9 Å². The molecule has 0 atom stereocenters. The van der Waals surface area contributed by atoms with Crippen molar-refractivity contribution in [2.24, 2.45) is 5.73 Å². The van der Waals surface area contributed by atoms with E-state index in [0.29, 0.717) is 25.9 Å². The zero-order valence-electron chi connectivity index (χ0n) is 12.4. The molecule has 0 spiro atoms. The maximum absolute atomic E-state index is 11.7. The lowest BCUT2D eigenvalue weighted by molar-refractivity contribution is -0.384. The Hall–Kier alpha value is -2.15. The summed E-state index contributed by atoms with van der Waals surface area (Å²) in [5, 5.41) is 16.5. The van der Waals surface area contributed by atoms with E-state index in [0.717, 1.165) is 5.69 Å². The summed E-state index contributed by atoms with van der Waals surface area (Å²) in [6.07, 6.45) is 1.08. The van der Waals surface area contributed by atoms with E-state index in [1.807, 2.05) is 13.8 Å². The molecule has 0 heterocycles. The number of rotatable bonds is 8. The SMILES string of the molecule is CC(C)(CN)NC(=O)CCCNc1ccc([N+](=O)[O-])cc1. The second-order valence-corrected chi connectivity index (χ2v) is 5.47. The standard InChI is InChI=1S/C14H22N4O3/c1-14(2,10-15)17-13(19)4-3-9-16-11-5-7-12(8-6-11)18(20)21/h5-8,16H,3-4,9-10,15H2,1-2H3,(H,17,19). The van der Waals surface area contributed by atoms with Gasteiger partial charge < -0.3 is 16.4 Å². The first-order valence-corrected chi connectivity index (χ1v) is 6.83. The van der Waals surface area contributed by atoms with Crippen LogP contribution < -0.4 is 16.4 Å². The minimum atomic E-state index is -0.437. The van der Waals surface area contributed by atoms with Crippen molar-refractivity contribution >= 4 is 17.3 Å². The maximum Gasteiger partial charge on any atom is 0.269 e. The van der Waals surface area contributed by atoms with Crippen LogP contribution in [0.4, 0.5) is 11.4 Å². The van der Waals surface area contributed by atoms with Crippen molar-refractivity contribution in [3.8, 4) is 0 Å². The zero-order chi connectivity index (χ0) is 15.9. The van der Waals surface area contributed by atoms with Gasteiger partial charge in [0.2, 0.25) is 5.91 Å². The number of nitro groups is 1. The van der Waals surface area contributed by atoms with Gasteiger partial charge in [0.05, 0.1) is 4.92 Å². The topological polar surface area (TPSA) is 110 Å². The molecule has 0 unspecified atom stereocenters. The molecule has 4 N–H and O–H groups in total. The highest BCUT2D eigenvalue weighted by atomic mass is 16.6. The fraction of sp³-hybridized carbons (Fsp3) is 0.500. The summed E-state index contributed by atoms with van der Waals surface area (Å²) in [4.78, 5) is 21.8. The Labute approximate surface area is 124 Å². The van der Waals surface area contributed by atoms with Gasteiger partial charge in [0.1, 0.15) is 0 Å². The summed E-state index contributed by atoms with van der Waals surface area (Å²) < 4.78 is 0. The molecule has 0 aliphatic rings. The molecule has 0 saturated heterocycles. The van der Waals surface area contributed by atoms with Crippen molar-refractivity contribution in [2.45, 2.75) is 32.2 Å². The van der Waals surface area contributed by atoms with Gasteiger partial charge in [0.25, 0.3) is 5.69 Å². The number of hydrogen-bond donors (Lipinski definition) is 3. The average Bonchev–Trinajstić information content (AvgIpc) is 2.43. The minimum Gasteiger partial charge on any atom is -0.385 e. The van der Waals surface area contributed by atoms with Gasteiger partial charge in [-0.3, -0.25) is 14.9 Å². The number of nitrogens with zero attached hydrogens (tertiary/aromatic N) is 1. The number of amides is 1. The molecule has 7 heteroatoms. The summed E-state index contributed by atoms with van der Waals surface area (Å²) in [6, 6.07) is 6.18. The van der Waals surface area contributed by atoms with Gasteiger partial charge in [-0.1, -0.05) is 0 Å². The summed E-state index contributed by atoms with van der Waals surface area (Å²) in [5.74, 6) is -0.0315. The van der Waals surface area contributed by atoms with Crippen molar-refractivity contribution in [3.63, 3.8) is 0 Å². The second-order valence-electron chi connectivity index (χ2n) is 5.47. The average molecular weight is 294 g/mol. The molecular weight excluding hydrogens is 272 g/mol. The second kappa shape index (κ2) is 7.58. The normalized spacial score (nSPS) is 11.0. The zero-order valence-corrected chi connectivity index (χ0v) is 12.4. The molecule has 21 heavy (non-hydrogen) atoms. The van der Waals surface area contributed by atoms with Crippen LogP contribution in [0, 0.1) is 10.1 Å². The van der Waals surface area contributed by atoms with Crippen LogP contribution in [0.5, 0.6) is 0 Å². The van der Waals surface area contributed by atoms with Crippen LogP contribution in [-0.2, 0) is 4.79 Å². The van der Waals surface area contributed by atoms with Crippen molar-refractivity contribution < 1.29 is 9.72 Å². The minimum absolute atomic E-state index is 0.0315. The molecule has 0 bridgehead atoms. The molecule has 1 rings (SSSR count). The van der Waals surface area contributed by atoms with E-state index in [2.05, 4.69) is 10.6 Å². The number of anilines is 1. The van der Waals surface area contributed by atoms with E-state index in [1.54, 1.807) is 12.1 Å². The molecular formula is C14H22N4O3. The highest BCUT2D eigenvalue weighted by Crippen LogP contribution is 2.15. The molecule has 1 aromatic carbocycles. The van der Waals surface area contributed by atoms with E-state index < -0.39 is 4.92 Å². The number of nitro benzene ring substituents is 1. The molecule has 1 amide bonds. The summed E-state index contributed by atoms with van der Waals surface area (Å²) in [6.45, 7) is 4.76. The first kappa shape index (κ1) is 16.9. The number of carbonyl (C=O) groups excluding carboxylic acids is 1. The van der Waals surface area contributed by atoms with Crippen LogP contribution in [0.25, 0.3) is 0 Å². The predicted molar refractivity (Wildman–Crippen MR) is 82.1 cm³/mol. The molecule has 0 aliphatic carbocycles. The number of benzene rings is 1. The third-order valence-corrected chi connectivity index (χ3v) is 2.98. The molecule has 0 saturated carbocycles. The largest absolute Gasteiger partial charge is 0.385 e. The van der Waals surface area contributed by atoms with Crippen LogP contribution >= 0.6 is 0 Å². The van der Waals surface area contributed by atoms with Gasteiger partial charge in [-0.15, -0.1) is 0 Å². The molecule has 1 aromatic rings. The highest BCUT2D eigenvalue weighted by Gasteiger charge is 2.17. The van der Waals surface area contributed by atoms with Gasteiger partial charge in [-0.2, -0.15) is 0 Å². The number of hydrogen-bond acceptors (Lipinski definition) is 5. The summed E-state index contributed by atoms with van der Waals surface area (Å²) in [5.41, 5.74) is 6.01. The fourth-order valence-electron chi connectivity index (χ4n) is 1.67. The van der Waals surface area contributed by atoms with Crippen molar-refractivity contribution in [2.75, 3.05) is 18.4 Å². The molecule has 0 radical (unpaired) electrons. The number of non-ortho nitro benzene ring substituents is 1. The van der Waals surface area contributed by atoms with Crippen LogP contribution in [0.2, 0.25) is 0 Å². The van der Waals surface area contributed by atoms with Gasteiger partial charge in [0, 0.05) is 42.9 Å². The first-order valence-electron chi connectivity index (χ1n) is 6.83. The van der Waals surface area contributed by atoms with Crippen molar-refractivity contribution in [1.29, 1.82) is 0 Å². The Morgan fingerprint density at radius 3 is 2.48 bits per heavy atom. The predicted octanol–water partition coefficient (Wildman–Crippen LogP) is 1.64. The smallest absolute Gasteiger partial charge is 0.269 e. The molecule has 116 valence electrons. The Morgan fingerprint density at radius 1 is 1.33 bits per heavy atom. The Bertz CT molecular complexity index is 485. The van der Waals surface area contributed by atoms with Gasteiger partial charge in [0.15, 0.2) is 0 Å². The molecule has 7 nitrogen and oxygen atoms in total. The lowest BCUT2D eigenvalue weighted by atomic mass is 10.1. The monoisotopic (exact) mass is 294 g/mol. The van der Waals surface area contributed by atoms with Crippen molar-refractivity contribution in [1.82, 2.24) is 5.32 Å². The fourth-order valence-corrected chi connectivity index (χ4v) is 1.67. The van der Waals surface area contributed by atoms with E-state index in [4.69, 9.17) is 5.73 Å². The summed E-state index contributed by atoms with van der Waals surface area (Å²) >= 11 is 0. The van der Waals surface area contributed by atoms with Crippen LogP contribution in [-0.4, -0.2) is 29.5 Å². The van der Waals surface area contributed by atoms with Crippen LogP contribution in [0.15, 0.2) is 24.3 Å². The van der Waals surface area contributed by atoms with Gasteiger partial charge >= 0.3 is 0 Å².